The number of hydrogen-bond donors (Lipinski definition) is 0. The van der Waals surface area contributed by atoms with Gasteiger partial charge in [0, 0.05) is 10.5 Å². The Balaban J connectivity index is 2.11. The highest BCUT2D eigenvalue weighted by molar-refractivity contribution is 8.00. The summed E-state index contributed by atoms with van der Waals surface area (Å²) in [6, 6.07) is 13.2. The molecule has 0 heterocycles. The molecule has 0 aliphatic heterocycles. The van der Waals surface area contributed by atoms with Crippen molar-refractivity contribution in [3.8, 4) is 11.5 Å². The lowest BCUT2D eigenvalue weighted by Crippen LogP contribution is -2.02. The maximum atomic E-state index is 12.1. The highest BCUT2D eigenvalue weighted by Gasteiger charge is 2.11. The van der Waals surface area contributed by atoms with Crippen LogP contribution in [0.5, 0.6) is 11.5 Å². The Morgan fingerprint density at radius 2 is 1.67 bits per heavy atom. The summed E-state index contributed by atoms with van der Waals surface area (Å²) in [4.78, 5) is 13.2. The zero-order chi connectivity index (χ0) is 15.2. The van der Waals surface area contributed by atoms with Crippen LogP contribution in [-0.4, -0.2) is 25.8 Å². The zero-order valence-electron chi connectivity index (χ0n) is 12.4. The highest BCUT2D eigenvalue weighted by Crippen LogP contribution is 2.35. The van der Waals surface area contributed by atoms with Gasteiger partial charge in [0.2, 0.25) is 0 Å². The number of methoxy groups -OCH3 is 2. The maximum absolute atomic E-state index is 12.1. The molecule has 0 fully saturated rings. The van der Waals surface area contributed by atoms with E-state index in [0.717, 1.165) is 16.0 Å². The Morgan fingerprint density at radius 1 is 1.05 bits per heavy atom. The maximum Gasteiger partial charge on any atom is 0.173 e. The molecule has 0 aliphatic carbocycles. The second kappa shape index (κ2) is 7.18. The number of benzene rings is 2. The third-order valence-electron chi connectivity index (χ3n) is 3.14. The molecule has 0 amide bonds. The van der Waals surface area contributed by atoms with Crippen molar-refractivity contribution >= 4 is 17.5 Å². The van der Waals surface area contributed by atoms with Crippen molar-refractivity contribution in [1.82, 2.24) is 0 Å². The van der Waals surface area contributed by atoms with Crippen LogP contribution in [0.1, 0.15) is 15.9 Å². The van der Waals surface area contributed by atoms with Gasteiger partial charge in [-0.25, -0.2) is 0 Å². The lowest BCUT2D eigenvalue weighted by atomic mass is 10.2. The Labute approximate surface area is 129 Å². The minimum atomic E-state index is 0.120. The van der Waals surface area contributed by atoms with Gasteiger partial charge in [0.05, 0.1) is 20.0 Å². The van der Waals surface area contributed by atoms with Crippen molar-refractivity contribution < 1.29 is 14.3 Å². The van der Waals surface area contributed by atoms with Crippen molar-refractivity contribution in [2.24, 2.45) is 0 Å². The molecule has 0 unspecified atom stereocenters. The molecular weight excluding hydrogens is 284 g/mol. The Kier molecular flexibility index (Phi) is 5.28. The average Bonchev–Trinajstić information content (AvgIpc) is 2.53. The first-order chi connectivity index (χ1) is 10.2. The van der Waals surface area contributed by atoms with Crippen LogP contribution in [0, 0.1) is 6.92 Å². The molecule has 2 aromatic carbocycles. The van der Waals surface area contributed by atoms with Crippen molar-refractivity contribution in [2.45, 2.75) is 11.8 Å². The molecule has 3 nitrogen and oxygen atoms in total. The monoisotopic (exact) mass is 302 g/mol. The van der Waals surface area contributed by atoms with E-state index in [4.69, 9.17) is 9.47 Å². The first-order valence-corrected chi connectivity index (χ1v) is 7.58. The largest absolute Gasteiger partial charge is 0.493 e. The van der Waals surface area contributed by atoms with Crippen LogP contribution in [0.25, 0.3) is 0 Å². The molecule has 0 saturated carbocycles. The lowest BCUT2D eigenvalue weighted by molar-refractivity contribution is 0.102. The van der Waals surface area contributed by atoms with Crippen LogP contribution in [0.3, 0.4) is 0 Å². The fraction of sp³-hybridized carbons (Fsp3) is 0.235. The number of ketones is 1. The predicted octanol–water partition coefficient (Wildman–Crippen LogP) is 3.99. The number of carbonyl (C=O) groups excluding carboxylic acids is 1. The highest BCUT2D eigenvalue weighted by atomic mass is 32.2. The number of rotatable bonds is 6. The van der Waals surface area contributed by atoms with Crippen molar-refractivity contribution in [3.05, 3.63) is 53.6 Å². The fourth-order valence-corrected chi connectivity index (χ4v) is 2.90. The molecule has 0 saturated heterocycles. The van der Waals surface area contributed by atoms with E-state index in [0.29, 0.717) is 17.3 Å². The number of hydrogen-bond acceptors (Lipinski definition) is 4. The van der Waals surface area contributed by atoms with Crippen molar-refractivity contribution in [2.75, 3.05) is 20.0 Å². The normalized spacial score (nSPS) is 10.2. The lowest BCUT2D eigenvalue weighted by Gasteiger charge is -2.12. The smallest absolute Gasteiger partial charge is 0.173 e. The minimum Gasteiger partial charge on any atom is -0.493 e. The zero-order valence-corrected chi connectivity index (χ0v) is 13.2. The number of ether oxygens (including phenoxy) is 2. The van der Waals surface area contributed by atoms with Crippen LogP contribution >= 0.6 is 11.8 Å². The number of carbonyl (C=O) groups is 1. The Bertz CT molecular complexity index is 623. The molecule has 0 aliphatic rings. The number of thioether (sulfide) groups is 1. The SMILES string of the molecule is COc1cc(C)c(SCC(=O)c2ccccc2)cc1OC. The van der Waals surface area contributed by atoms with Gasteiger partial charge in [-0.15, -0.1) is 11.8 Å². The van der Waals surface area contributed by atoms with E-state index in [-0.39, 0.29) is 5.78 Å². The Hall–Kier alpha value is -1.94. The predicted molar refractivity (Wildman–Crippen MR) is 85.8 cm³/mol. The summed E-state index contributed by atoms with van der Waals surface area (Å²) in [5.41, 5.74) is 1.81. The van der Waals surface area contributed by atoms with Gasteiger partial charge in [-0.2, -0.15) is 0 Å². The van der Waals surface area contributed by atoms with Gasteiger partial charge in [-0.3, -0.25) is 4.79 Å². The molecule has 21 heavy (non-hydrogen) atoms. The number of aryl methyl sites for hydroxylation is 1. The van der Waals surface area contributed by atoms with Gasteiger partial charge < -0.3 is 9.47 Å². The molecule has 0 atom stereocenters. The van der Waals surface area contributed by atoms with E-state index in [1.165, 1.54) is 11.8 Å². The standard InChI is InChI=1S/C17H18O3S/c1-12-9-15(19-2)16(20-3)10-17(12)21-11-14(18)13-7-5-4-6-8-13/h4-10H,11H2,1-3H3. The molecule has 0 aromatic heterocycles. The third-order valence-corrected chi connectivity index (χ3v) is 4.29. The van der Waals surface area contributed by atoms with E-state index < -0.39 is 0 Å². The van der Waals surface area contributed by atoms with Crippen molar-refractivity contribution in [3.63, 3.8) is 0 Å². The molecule has 110 valence electrons. The van der Waals surface area contributed by atoms with Gasteiger partial charge in [0.1, 0.15) is 0 Å². The van der Waals surface area contributed by atoms with E-state index in [2.05, 4.69) is 0 Å². The first-order valence-electron chi connectivity index (χ1n) is 6.59. The third kappa shape index (κ3) is 3.79. The molecule has 2 aromatic rings. The summed E-state index contributed by atoms with van der Waals surface area (Å²) < 4.78 is 10.6. The molecular formula is C17H18O3S. The van der Waals surface area contributed by atoms with E-state index in [9.17, 15) is 4.79 Å². The van der Waals surface area contributed by atoms with Crippen LogP contribution in [-0.2, 0) is 0 Å². The van der Waals surface area contributed by atoms with Crippen molar-refractivity contribution in [1.29, 1.82) is 0 Å². The van der Waals surface area contributed by atoms with Gasteiger partial charge >= 0.3 is 0 Å². The van der Waals surface area contributed by atoms with Gasteiger partial charge in [0.25, 0.3) is 0 Å². The number of Topliss-reactive ketones (excluding diaryl/α,β-unsaturated/α-hetero) is 1. The second-order valence-corrected chi connectivity index (χ2v) is 5.57. The van der Waals surface area contributed by atoms with E-state index in [1.54, 1.807) is 14.2 Å². The fourth-order valence-electron chi connectivity index (χ4n) is 1.97. The van der Waals surface area contributed by atoms with Crippen LogP contribution in [0.4, 0.5) is 0 Å². The minimum absolute atomic E-state index is 0.120. The van der Waals surface area contributed by atoms with Crippen LogP contribution in [0.15, 0.2) is 47.4 Å². The second-order valence-electron chi connectivity index (χ2n) is 4.55. The van der Waals surface area contributed by atoms with Gasteiger partial charge in [-0.05, 0) is 24.6 Å². The summed E-state index contributed by atoms with van der Waals surface area (Å²) in [7, 11) is 3.22. The van der Waals surface area contributed by atoms with Gasteiger partial charge in [0.15, 0.2) is 17.3 Å². The van der Waals surface area contributed by atoms with Crippen LogP contribution in [0.2, 0.25) is 0 Å². The summed E-state index contributed by atoms with van der Waals surface area (Å²) >= 11 is 1.51. The molecule has 0 radical (unpaired) electrons. The van der Waals surface area contributed by atoms with E-state index >= 15 is 0 Å². The molecule has 4 heteroatoms. The summed E-state index contributed by atoms with van der Waals surface area (Å²) in [6.45, 7) is 2.00. The Morgan fingerprint density at radius 3 is 2.29 bits per heavy atom. The molecule has 0 N–H and O–H groups in total. The molecule has 0 bridgehead atoms. The summed E-state index contributed by atoms with van der Waals surface area (Å²) in [5.74, 6) is 1.90. The summed E-state index contributed by atoms with van der Waals surface area (Å²) in [5, 5.41) is 0. The molecule has 2 rings (SSSR count). The van der Waals surface area contributed by atoms with Crippen LogP contribution < -0.4 is 9.47 Å². The first kappa shape index (κ1) is 15.4. The quantitative estimate of drug-likeness (QED) is 0.597. The summed E-state index contributed by atoms with van der Waals surface area (Å²) in [6.07, 6.45) is 0. The average molecular weight is 302 g/mol. The van der Waals surface area contributed by atoms with Gasteiger partial charge in [-0.1, -0.05) is 30.3 Å². The topological polar surface area (TPSA) is 35.5 Å². The van der Waals surface area contributed by atoms with E-state index in [1.807, 2.05) is 49.4 Å². The molecule has 0 spiro atoms.